The molecule has 0 spiro atoms. The Labute approximate surface area is 169 Å². The molecule has 2 heterocycles. The van der Waals surface area contributed by atoms with Gasteiger partial charge in [0.05, 0.1) is 32.3 Å². The molecule has 0 aliphatic heterocycles. The summed E-state index contributed by atoms with van der Waals surface area (Å²) in [7, 11) is -3.84. The van der Waals surface area contributed by atoms with Crippen molar-refractivity contribution < 1.29 is 13.2 Å². The van der Waals surface area contributed by atoms with E-state index in [4.69, 9.17) is 5.14 Å². The molecule has 0 bridgehead atoms. The molecule has 4 aromatic rings. The van der Waals surface area contributed by atoms with Gasteiger partial charge in [-0.05, 0) is 30.3 Å². The minimum atomic E-state index is -3.84. The maximum Gasteiger partial charge on any atom is 0.299 e. The topological polar surface area (TPSA) is 120 Å². The zero-order chi connectivity index (χ0) is 20.6. The van der Waals surface area contributed by atoms with Crippen molar-refractivity contribution in [1.29, 1.82) is 0 Å². The van der Waals surface area contributed by atoms with Crippen molar-refractivity contribution in [3.05, 3.63) is 71.8 Å². The van der Waals surface area contributed by atoms with Crippen LogP contribution in [-0.4, -0.2) is 28.9 Å². The van der Waals surface area contributed by atoms with Crippen LogP contribution in [-0.2, 0) is 16.6 Å². The van der Waals surface area contributed by atoms with Gasteiger partial charge in [-0.25, -0.2) is 18.5 Å². The Morgan fingerprint density at radius 1 is 1.24 bits per heavy atom. The zero-order valence-electron chi connectivity index (χ0n) is 15.0. The fraction of sp³-hybridized carbons (Fsp3) is 0.0526. The number of thiazole rings is 1. The fourth-order valence-electron chi connectivity index (χ4n) is 2.83. The fourth-order valence-corrected chi connectivity index (χ4v) is 4.52. The first-order chi connectivity index (χ1) is 13.9. The van der Waals surface area contributed by atoms with Crippen LogP contribution in [0.2, 0.25) is 0 Å². The molecule has 0 atom stereocenters. The van der Waals surface area contributed by atoms with Crippen LogP contribution in [0.4, 0.5) is 0 Å². The Balaban J connectivity index is 1.85. The molecule has 29 heavy (non-hydrogen) atoms. The molecular formula is C19H15N5O3S2. The number of rotatable bonds is 4. The number of amides is 1. The minimum absolute atomic E-state index is 0.00437. The highest BCUT2D eigenvalue weighted by Crippen LogP contribution is 2.21. The van der Waals surface area contributed by atoms with E-state index in [0.717, 1.165) is 5.52 Å². The van der Waals surface area contributed by atoms with E-state index in [2.05, 4.69) is 21.5 Å². The number of carbonyl (C=O) groups excluding carboxylic acids is 1. The van der Waals surface area contributed by atoms with Crippen LogP contribution in [0.1, 0.15) is 10.5 Å². The van der Waals surface area contributed by atoms with Gasteiger partial charge in [0, 0.05) is 6.54 Å². The first-order valence-corrected chi connectivity index (χ1v) is 10.8. The largest absolute Gasteiger partial charge is 0.312 e. The number of hydrogen-bond donors (Lipinski definition) is 1. The van der Waals surface area contributed by atoms with Crippen LogP contribution in [0.15, 0.2) is 71.2 Å². The number of aromatic nitrogens is 3. The third-order valence-electron chi connectivity index (χ3n) is 4.16. The lowest BCUT2D eigenvalue weighted by atomic mass is 10.3. The van der Waals surface area contributed by atoms with E-state index >= 15 is 0 Å². The molecule has 0 aliphatic carbocycles. The molecule has 0 saturated heterocycles. The second kappa shape index (κ2) is 7.32. The normalized spacial score (nSPS) is 12.5. The number of nitrogens with zero attached hydrogens (tertiary/aromatic N) is 4. The predicted molar refractivity (Wildman–Crippen MR) is 111 cm³/mol. The van der Waals surface area contributed by atoms with Crippen LogP contribution in [0.5, 0.6) is 0 Å². The lowest BCUT2D eigenvalue weighted by Crippen LogP contribution is -2.17. The second-order valence-corrected chi connectivity index (χ2v) is 8.69. The maximum absolute atomic E-state index is 12.7. The summed E-state index contributed by atoms with van der Waals surface area (Å²) in [6, 6.07) is 11.8. The Morgan fingerprint density at radius 2 is 2.00 bits per heavy atom. The van der Waals surface area contributed by atoms with Gasteiger partial charge in [-0.3, -0.25) is 9.78 Å². The van der Waals surface area contributed by atoms with Crippen LogP contribution in [0.25, 0.3) is 21.3 Å². The van der Waals surface area contributed by atoms with E-state index < -0.39 is 15.9 Å². The number of nitrogens with two attached hydrogens (primary N) is 1. The van der Waals surface area contributed by atoms with E-state index in [0.29, 0.717) is 27.1 Å². The number of benzene rings is 2. The molecule has 146 valence electrons. The van der Waals surface area contributed by atoms with Crippen molar-refractivity contribution in [2.24, 2.45) is 10.1 Å². The Kier molecular flexibility index (Phi) is 4.82. The maximum atomic E-state index is 12.7. The smallest absolute Gasteiger partial charge is 0.299 e. The van der Waals surface area contributed by atoms with Crippen LogP contribution >= 0.6 is 11.3 Å². The Hall–Kier alpha value is -3.21. The van der Waals surface area contributed by atoms with Crippen molar-refractivity contribution in [2.45, 2.75) is 11.4 Å². The van der Waals surface area contributed by atoms with Gasteiger partial charge in [-0.1, -0.05) is 29.5 Å². The third-order valence-corrected chi connectivity index (χ3v) is 6.11. The van der Waals surface area contributed by atoms with Gasteiger partial charge in [0.15, 0.2) is 4.80 Å². The van der Waals surface area contributed by atoms with Gasteiger partial charge in [-0.2, -0.15) is 4.99 Å². The molecule has 10 heteroatoms. The van der Waals surface area contributed by atoms with Crippen molar-refractivity contribution in [2.75, 3.05) is 0 Å². The molecule has 1 amide bonds. The first kappa shape index (κ1) is 19.1. The van der Waals surface area contributed by atoms with Gasteiger partial charge in [0.2, 0.25) is 10.0 Å². The highest BCUT2D eigenvalue weighted by molar-refractivity contribution is 7.89. The standard InChI is InChI=1S/C19H15N5O3S2/c1-2-9-24-16-8-7-12(29(20,26)27)10-17(16)28-19(24)23-18(25)15-11-21-13-5-3-4-6-14(13)22-15/h2-8,10-11H,1,9H2,(H2,20,26,27). The van der Waals surface area contributed by atoms with Gasteiger partial charge in [0.25, 0.3) is 5.91 Å². The second-order valence-electron chi connectivity index (χ2n) is 6.12. The van der Waals surface area contributed by atoms with Crippen LogP contribution in [0, 0.1) is 0 Å². The number of primary sulfonamides is 1. The van der Waals surface area contributed by atoms with Crippen LogP contribution < -0.4 is 9.94 Å². The summed E-state index contributed by atoms with van der Waals surface area (Å²) in [5, 5.41) is 5.21. The SMILES string of the molecule is C=CCn1c(=NC(=O)c2cnc3ccccc3n2)sc2cc(S(N)(=O)=O)ccc21. The molecule has 0 saturated carbocycles. The van der Waals surface area contributed by atoms with E-state index in [-0.39, 0.29) is 10.6 Å². The molecular weight excluding hydrogens is 410 g/mol. The van der Waals surface area contributed by atoms with E-state index in [1.54, 1.807) is 28.8 Å². The molecule has 2 aromatic heterocycles. The van der Waals surface area contributed by atoms with Crippen LogP contribution in [0.3, 0.4) is 0 Å². The van der Waals surface area contributed by atoms with E-state index in [1.807, 2.05) is 12.1 Å². The van der Waals surface area contributed by atoms with Gasteiger partial charge in [0.1, 0.15) is 5.69 Å². The highest BCUT2D eigenvalue weighted by atomic mass is 32.2. The van der Waals surface area contributed by atoms with Crippen molar-refractivity contribution >= 4 is 48.5 Å². The molecule has 2 N–H and O–H groups in total. The predicted octanol–water partition coefficient (Wildman–Crippen LogP) is 2.22. The summed E-state index contributed by atoms with van der Waals surface area (Å²) in [6.45, 7) is 4.12. The Bertz CT molecular complexity index is 1450. The highest BCUT2D eigenvalue weighted by Gasteiger charge is 2.14. The summed E-state index contributed by atoms with van der Waals surface area (Å²) in [4.78, 5) is 25.8. The van der Waals surface area contributed by atoms with Gasteiger partial charge < -0.3 is 4.57 Å². The number of allylic oxidation sites excluding steroid dienone is 1. The zero-order valence-corrected chi connectivity index (χ0v) is 16.7. The Morgan fingerprint density at radius 3 is 2.72 bits per heavy atom. The molecule has 0 fully saturated rings. The molecule has 4 rings (SSSR count). The van der Waals surface area contributed by atoms with E-state index in [1.165, 1.54) is 29.7 Å². The molecule has 8 nitrogen and oxygen atoms in total. The number of hydrogen-bond acceptors (Lipinski definition) is 6. The molecule has 2 aromatic carbocycles. The van der Waals surface area contributed by atoms with Gasteiger partial charge >= 0.3 is 0 Å². The summed E-state index contributed by atoms with van der Waals surface area (Å²) in [6.07, 6.45) is 3.05. The van der Waals surface area contributed by atoms with Gasteiger partial charge in [-0.15, -0.1) is 6.58 Å². The number of fused-ring (bicyclic) bond motifs is 2. The summed E-state index contributed by atoms with van der Waals surface area (Å²) < 4.78 is 25.7. The average Bonchev–Trinajstić information content (AvgIpc) is 3.03. The van der Waals surface area contributed by atoms with Crippen molar-refractivity contribution in [3.8, 4) is 0 Å². The molecule has 0 aliphatic rings. The quantitative estimate of drug-likeness (QED) is 0.503. The number of sulfonamides is 1. The lowest BCUT2D eigenvalue weighted by Gasteiger charge is -2.02. The molecule has 0 radical (unpaired) electrons. The number of carbonyl (C=O) groups is 1. The summed E-state index contributed by atoms with van der Waals surface area (Å²) >= 11 is 1.18. The minimum Gasteiger partial charge on any atom is -0.312 e. The lowest BCUT2D eigenvalue weighted by molar-refractivity contribution is 0.0993. The first-order valence-electron chi connectivity index (χ1n) is 8.45. The summed E-state index contributed by atoms with van der Waals surface area (Å²) in [5.41, 5.74) is 2.12. The molecule has 0 unspecified atom stereocenters. The van der Waals surface area contributed by atoms with Crippen molar-refractivity contribution in [1.82, 2.24) is 14.5 Å². The number of para-hydroxylation sites is 2. The monoisotopic (exact) mass is 425 g/mol. The summed E-state index contributed by atoms with van der Waals surface area (Å²) in [5.74, 6) is -0.542. The average molecular weight is 425 g/mol. The van der Waals surface area contributed by atoms with Crippen molar-refractivity contribution in [3.63, 3.8) is 0 Å². The third kappa shape index (κ3) is 3.73. The van der Waals surface area contributed by atoms with E-state index in [9.17, 15) is 13.2 Å².